The lowest BCUT2D eigenvalue weighted by Crippen LogP contribution is -2.54. The van der Waals surface area contributed by atoms with Crippen molar-refractivity contribution in [1.82, 2.24) is 5.32 Å². The number of carbonyl (C=O) groups excluding carboxylic acids is 1. The molecule has 0 aromatic rings. The van der Waals surface area contributed by atoms with Crippen molar-refractivity contribution in [2.45, 2.75) is 63.8 Å². The van der Waals surface area contributed by atoms with Gasteiger partial charge in [0.05, 0.1) is 12.0 Å². The minimum Gasteiger partial charge on any atom is -0.462 e. The van der Waals surface area contributed by atoms with Gasteiger partial charge in [0.25, 0.3) is 0 Å². The number of hydrogen-bond donors (Lipinski definition) is 2. The predicted octanol–water partition coefficient (Wildman–Crippen LogP) is 1.48. The Morgan fingerprint density at radius 1 is 1.43 bits per heavy atom. The molecule has 5 nitrogen and oxygen atoms in total. The molecule has 5 heteroatoms. The number of aliphatic hydroxyl groups excluding tert-OH is 1. The Bertz CT molecular complexity index is 497. The largest absolute Gasteiger partial charge is 0.462 e. The molecule has 2 heterocycles. The molecule has 23 heavy (non-hydrogen) atoms. The number of rotatable bonds is 5. The lowest BCUT2D eigenvalue weighted by molar-refractivity contribution is -0.146. The van der Waals surface area contributed by atoms with Crippen LogP contribution in [-0.4, -0.2) is 48.6 Å². The Morgan fingerprint density at radius 3 is 3.04 bits per heavy atom. The summed E-state index contributed by atoms with van der Waals surface area (Å²) in [7, 11) is 0. The maximum atomic E-state index is 12.4. The second kappa shape index (κ2) is 5.43. The van der Waals surface area contributed by atoms with Gasteiger partial charge in [0.1, 0.15) is 11.7 Å². The standard InChI is InChI=1S/C18H29NO4/c1-11-5-3-6-17(2)9-13-14(15-18(11,17)23-15)12(16(21)22-13)10-19-7-4-8-20/h11-15,19-20H,3-10H2,1-2H3/t11-,12?,13+,14+,15-,17+,18-/m0/s1. The van der Waals surface area contributed by atoms with E-state index in [2.05, 4.69) is 19.2 Å². The third-order valence-electron chi connectivity index (χ3n) is 7.07. The molecule has 0 amide bonds. The molecule has 2 saturated carbocycles. The lowest BCUT2D eigenvalue weighted by atomic mass is 9.53. The van der Waals surface area contributed by atoms with Crippen LogP contribution >= 0.6 is 0 Å². The number of epoxide rings is 1. The summed E-state index contributed by atoms with van der Waals surface area (Å²) < 4.78 is 12.2. The van der Waals surface area contributed by atoms with E-state index in [0.29, 0.717) is 12.5 Å². The van der Waals surface area contributed by atoms with Crippen molar-refractivity contribution >= 4 is 5.97 Å². The zero-order chi connectivity index (χ0) is 16.2. The smallest absolute Gasteiger partial charge is 0.311 e. The van der Waals surface area contributed by atoms with Gasteiger partial charge in [-0.3, -0.25) is 4.79 Å². The molecule has 2 N–H and O–H groups in total. The first-order chi connectivity index (χ1) is 11.0. The molecule has 2 aliphatic carbocycles. The summed E-state index contributed by atoms with van der Waals surface area (Å²) in [5.74, 6) is 0.627. The van der Waals surface area contributed by atoms with E-state index in [1.54, 1.807) is 0 Å². The van der Waals surface area contributed by atoms with Crippen LogP contribution in [-0.2, 0) is 14.3 Å². The first-order valence-corrected chi connectivity index (χ1v) is 9.23. The molecule has 4 aliphatic rings. The Morgan fingerprint density at radius 2 is 2.26 bits per heavy atom. The van der Waals surface area contributed by atoms with E-state index in [1.165, 1.54) is 19.3 Å². The summed E-state index contributed by atoms with van der Waals surface area (Å²) in [5.41, 5.74) is 0.153. The van der Waals surface area contributed by atoms with Gasteiger partial charge in [-0.15, -0.1) is 0 Å². The number of hydrogen-bond acceptors (Lipinski definition) is 5. The van der Waals surface area contributed by atoms with E-state index in [1.807, 2.05) is 0 Å². The molecule has 1 spiro atoms. The molecule has 4 fully saturated rings. The SMILES string of the molecule is C[C@H]1CCC[C@]2(C)C[C@H]3OC(=O)C(CNCCCO)[C@H]3[C@@H]3O[C@@]132. The van der Waals surface area contributed by atoms with Crippen LogP contribution in [0.25, 0.3) is 0 Å². The fourth-order valence-corrected chi connectivity index (χ4v) is 5.93. The molecular weight excluding hydrogens is 294 g/mol. The molecule has 0 radical (unpaired) electrons. The molecule has 1 unspecified atom stereocenters. The molecule has 0 aromatic heterocycles. The average Bonchev–Trinajstić information content (AvgIpc) is 3.18. The highest BCUT2D eigenvalue weighted by Gasteiger charge is 2.78. The number of aliphatic hydroxyl groups is 1. The van der Waals surface area contributed by atoms with Crippen LogP contribution in [0.3, 0.4) is 0 Å². The molecule has 7 atom stereocenters. The quantitative estimate of drug-likeness (QED) is 0.456. The van der Waals surface area contributed by atoms with E-state index < -0.39 is 0 Å². The summed E-state index contributed by atoms with van der Waals surface area (Å²) in [6.45, 7) is 6.23. The van der Waals surface area contributed by atoms with Gasteiger partial charge in [-0.05, 0) is 38.1 Å². The molecular formula is C18H29NO4. The van der Waals surface area contributed by atoms with Crippen molar-refractivity contribution in [3.63, 3.8) is 0 Å². The van der Waals surface area contributed by atoms with E-state index in [-0.39, 0.29) is 47.6 Å². The van der Waals surface area contributed by atoms with E-state index >= 15 is 0 Å². The van der Waals surface area contributed by atoms with Crippen LogP contribution in [0.2, 0.25) is 0 Å². The lowest BCUT2D eigenvalue weighted by Gasteiger charge is -2.48. The van der Waals surface area contributed by atoms with Crippen molar-refractivity contribution in [2.24, 2.45) is 23.2 Å². The van der Waals surface area contributed by atoms with Crippen molar-refractivity contribution < 1.29 is 19.4 Å². The summed E-state index contributed by atoms with van der Waals surface area (Å²) in [4.78, 5) is 12.4. The number of carbonyl (C=O) groups is 1. The third-order valence-corrected chi connectivity index (χ3v) is 7.07. The van der Waals surface area contributed by atoms with Crippen LogP contribution in [0, 0.1) is 23.2 Å². The molecule has 130 valence electrons. The summed E-state index contributed by atoms with van der Waals surface area (Å²) in [6, 6.07) is 0. The Hall–Kier alpha value is -0.650. The number of esters is 1. The van der Waals surface area contributed by atoms with Crippen LogP contribution in [0.1, 0.15) is 46.0 Å². The Labute approximate surface area is 138 Å². The monoisotopic (exact) mass is 323 g/mol. The van der Waals surface area contributed by atoms with E-state index in [0.717, 1.165) is 19.4 Å². The number of nitrogens with one attached hydrogen (secondary N) is 1. The van der Waals surface area contributed by atoms with Crippen molar-refractivity contribution in [1.29, 1.82) is 0 Å². The van der Waals surface area contributed by atoms with Gasteiger partial charge in [0.2, 0.25) is 0 Å². The minimum absolute atomic E-state index is 0.0102. The van der Waals surface area contributed by atoms with Gasteiger partial charge in [-0.1, -0.05) is 20.3 Å². The van der Waals surface area contributed by atoms with Gasteiger partial charge >= 0.3 is 5.97 Å². The van der Waals surface area contributed by atoms with Crippen LogP contribution in [0.15, 0.2) is 0 Å². The fraction of sp³-hybridized carbons (Fsp3) is 0.944. The topological polar surface area (TPSA) is 71.1 Å². The summed E-state index contributed by atoms with van der Waals surface area (Å²) in [5, 5.41) is 12.2. The maximum Gasteiger partial charge on any atom is 0.311 e. The van der Waals surface area contributed by atoms with Gasteiger partial charge in [-0.25, -0.2) is 0 Å². The van der Waals surface area contributed by atoms with Gasteiger partial charge in [0.15, 0.2) is 0 Å². The molecule has 2 saturated heterocycles. The van der Waals surface area contributed by atoms with E-state index in [4.69, 9.17) is 14.6 Å². The average molecular weight is 323 g/mol. The van der Waals surface area contributed by atoms with Gasteiger partial charge in [0, 0.05) is 24.5 Å². The summed E-state index contributed by atoms with van der Waals surface area (Å²) in [6.07, 6.45) is 5.57. The number of fused-ring (bicyclic) bond motifs is 2. The zero-order valence-electron chi connectivity index (χ0n) is 14.2. The van der Waals surface area contributed by atoms with Crippen molar-refractivity contribution in [3.8, 4) is 0 Å². The van der Waals surface area contributed by atoms with Crippen molar-refractivity contribution in [2.75, 3.05) is 19.7 Å². The number of ether oxygens (including phenoxy) is 2. The van der Waals surface area contributed by atoms with Gasteiger partial charge < -0.3 is 19.9 Å². The first kappa shape index (κ1) is 15.9. The molecule has 2 aliphatic heterocycles. The molecule has 0 bridgehead atoms. The fourth-order valence-electron chi connectivity index (χ4n) is 5.93. The summed E-state index contributed by atoms with van der Waals surface area (Å²) >= 11 is 0. The third kappa shape index (κ3) is 2.12. The predicted molar refractivity (Wildman–Crippen MR) is 84.8 cm³/mol. The molecule has 0 aromatic carbocycles. The van der Waals surface area contributed by atoms with Crippen LogP contribution in [0.5, 0.6) is 0 Å². The highest BCUT2D eigenvalue weighted by Crippen LogP contribution is 2.70. The highest BCUT2D eigenvalue weighted by atomic mass is 16.6. The van der Waals surface area contributed by atoms with Gasteiger partial charge in [-0.2, -0.15) is 0 Å². The Kier molecular flexibility index (Phi) is 3.74. The zero-order valence-corrected chi connectivity index (χ0v) is 14.2. The van der Waals surface area contributed by atoms with E-state index in [9.17, 15) is 4.79 Å². The molecule has 4 rings (SSSR count). The van der Waals surface area contributed by atoms with Crippen LogP contribution < -0.4 is 5.32 Å². The Balaban J connectivity index is 1.52. The first-order valence-electron chi connectivity index (χ1n) is 9.23. The highest BCUT2D eigenvalue weighted by molar-refractivity contribution is 5.76. The minimum atomic E-state index is -0.0956. The second-order valence-electron chi connectivity index (χ2n) is 8.33. The normalized spacial score (nSPS) is 50.7. The van der Waals surface area contributed by atoms with Crippen molar-refractivity contribution in [3.05, 3.63) is 0 Å². The maximum absolute atomic E-state index is 12.4. The van der Waals surface area contributed by atoms with Crippen LogP contribution in [0.4, 0.5) is 0 Å². The second-order valence-corrected chi connectivity index (χ2v) is 8.33.